The van der Waals surface area contributed by atoms with E-state index < -0.39 is 0 Å². The van der Waals surface area contributed by atoms with E-state index in [-0.39, 0.29) is 24.2 Å². The number of aliphatic hydroxyl groups excluding tert-OH is 1. The van der Waals surface area contributed by atoms with Crippen LogP contribution < -0.4 is 0 Å². The van der Waals surface area contributed by atoms with Crippen LogP contribution in [0.25, 0.3) is 0 Å². The number of carbonyl (C=O) groups excluding carboxylic acids is 1. The maximum Gasteiger partial charge on any atom is 0.254 e. The van der Waals surface area contributed by atoms with Crippen molar-refractivity contribution < 1.29 is 14.6 Å². The molecule has 1 aromatic rings. The molecule has 0 aromatic carbocycles. The van der Waals surface area contributed by atoms with E-state index in [0.29, 0.717) is 25.1 Å². The number of rotatable bonds is 2. The summed E-state index contributed by atoms with van der Waals surface area (Å²) in [7, 11) is 0. The zero-order valence-corrected chi connectivity index (χ0v) is 13.5. The van der Waals surface area contributed by atoms with Crippen molar-refractivity contribution in [2.45, 2.75) is 38.9 Å². The molecule has 1 aliphatic rings. The van der Waals surface area contributed by atoms with E-state index in [4.69, 9.17) is 9.84 Å². The molecule has 1 aromatic heterocycles. The molecular formula is C16H21NO3S. The van der Waals surface area contributed by atoms with E-state index in [1.807, 2.05) is 37.1 Å². The quantitative estimate of drug-likeness (QED) is 0.852. The number of morpholine rings is 1. The monoisotopic (exact) mass is 307 g/mol. The first-order chi connectivity index (χ1) is 9.91. The highest BCUT2D eigenvalue weighted by Gasteiger charge is 2.34. The second-order valence-electron chi connectivity index (χ2n) is 5.85. The summed E-state index contributed by atoms with van der Waals surface area (Å²) in [6.45, 7) is 7.26. The normalized spacial score (nSPS) is 20.8. The molecule has 5 heteroatoms. The lowest BCUT2D eigenvalue weighted by Crippen LogP contribution is -2.53. The van der Waals surface area contributed by atoms with E-state index in [1.54, 1.807) is 0 Å². The summed E-state index contributed by atoms with van der Waals surface area (Å²) < 4.78 is 5.82. The molecular weight excluding hydrogens is 286 g/mol. The smallest absolute Gasteiger partial charge is 0.254 e. The molecule has 1 amide bonds. The number of nitrogens with zero attached hydrogens (tertiary/aromatic N) is 1. The zero-order chi connectivity index (χ0) is 15.5. The molecule has 0 radical (unpaired) electrons. The maximum atomic E-state index is 12.6. The Hall–Kier alpha value is -1.35. The lowest BCUT2D eigenvalue weighted by molar-refractivity contribution is -0.118. The summed E-state index contributed by atoms with van der Waals surface area (Å²) in [5.41, 5.74) is 0.366. The Morgan fingerprint density at radius 1 is 1.62 bits per heavy atom. The molecule has 2 rings (SSSR count). The van der Waals surface area contributed by atoms with Crippen LogP contribution in [0.1, 0.15) is 42.4 Å². The average molecular weight is 307 g/mol. The highest BCUT2D eigenvalue weighted by molar-refractivity contribution is 7.10. The molecule has 114 valence electrons. The summed E-state index contributed by atoms with van der Waals surface area (Å²) in [5, 5.41) is 10.6. The average Bonchev–Trinajstić information content (AvgIpc) is 2.84. The van der Waals surface area contributed by atoms with Crippen LogP contribution in [0.5, 0.6) is 0 Å². The Morgan fingerprint density at radius 2 is 2.38 bits per heavy atom. The number of thiophene rings is 1. The largest absolute Gasteiger partial charge is 0.395 e. The number of hydrogen-bond donors (Lipinski definition) is 1. The summed E-state index contributed by atoms with van der Waals surface area (Å²) in [6.07, 6.45) is 0.497. The predicted octanol–water partition coefficient (Wildman–Crippen LogP) is 2.12. The molecule has 1 aliphatic heterocycles. The Kier molecular flexibility index (Phi) is 5.04. The molecule has 0 spiro atoms. The number of aliphatic hydroxyl groups is 1. The molecule has 1 fully saturated rings. The summed E-state index contributed by atoms with van der Waals surface area (Å²) >= 11 is 1.46. The minimum absolute atomic E-state index is 0.0321. The number of hydrogen-bond acceptors (Lipinski definition) is 4. The molecule has 2 heterocycles. The van der Waals surface area contributed by atoms with Crippen LogP contribution in [0.15, 0.2) is 11.4 Å². The molecule has 1 saturated heterocycles. The molecule has 21 heavy (non-hydrogen) atoms. The molecule has 1 unspecified atom stereocenters. The van der Waals surface area contributed by atoms with Gasteiger partial charge in [0.1, 0.15) is 0 Å². The fraction of sp³-hybridized carbons (Fsp3) is 0.562. The second kappa shape index (κ2) is 6.61. The third-order valence-electron chi connectivity index (χ3n) is 3.15. The molecule has 1 atom stereocenters. The first kappa shape index (κ1) is 16.0. The van der Waals surface area contributed by atoms with Crippen molar-refractivity contribution >= 4 is 17.2 Å². The number of carbonyl (C=O) groups is 1. The number of ether oxygens (including phenoxy) is 1. The van der Waals surface area contributed by atoms with Crippen molar-refractivity contribution in [2.75, 3.05) is 19.7 Å². The molecule has 0 bridgehead atoms. The third kappa shape index (κ3) is 4.31. The topological polar surface area (TPSA) is 49.8 Å². The van der Waals surface area contributed by atoms with Gasteiger partial charge in [-0.05, 0) is 26.8 Å². The van der Waals surface area contributed by atoms with Crippen LogP contribution in [-0.2, 0) is 4.74 Å². The van der Waals surface area contributed by atoms with Crippen molar-refractivity contribution in [1.29, 1.82) is 0 Å². The van der Waals surface area contributed by atoms with Crippen LogP contribution in [0, 0.1) is 11.8 Å². The van der Waals surface area contributed by atoms with Gasteiger partial charge in [0, 0.05) is 24.9 Å². The lowest BCUT2D eigenvalue weighted by Gasteiger charge is -2.41. The second-order valence-corrected chi connectivity index (χ2v) is 6.76. The Morgan fingerprint density at radius 3 is 3.05 bits per heavy atom. The summed E-state index contributed by atoms with van der Waals surface area (Å²) in [4.78, 5) is 15.3. The molecule has 4 nitrogen and oxygen atoms in total. The standard InChI is InChI=1S/C16H21NO3S/c1-12-9-17(11-16(2,3)20-12)15(19)13-8-14(21-10-13)6-4-5-7-18/h8,10,12,18H,5,7,9,11H2,1-3H3. The fourth-order valence-corrected chi connectivity index (χ4v) is 3.26. The molecule has 1 N–H and O–H groups in total. The van der Waals surface area contributed by atoms with Gasteiger partial charge in [-0.3, -0.25) is 4.79 Å². The van der Waals surface area contributed by atoms with Crippen LogP contribution in [0.3, 0.4) is 0 Å². The van der Waals surface area contributed by atoms with Gasteiger partial charge >= 0.3 is 0 Å². The van der Waals surface area contributed by atoms with Crippen molar-refractivity contribution in [1.82, 2.24) is 4.90 Å². The minimum atomic E-state index is -0.312. The van der Waals surface area contributed by atoms with Gasteiger partial charge in [-0.15, -0.1) is 11.3 Å². The SMILES string of the molecule is CC1CN(C(=O)c2csc(C#CCCO)c2)CC(C)(C)O1. The third-order valence-corrected chi connectivity index (χ3v) is 4.00. The van der Waals surface area contributed by atoms with E-state index >= 15 is 0 Å². The lowest BCUT2D eigenvalue weighted by atomic mass is 10.0. The van der Waals surface area contributed by atoms with Crippen LogP contribution in [0.2, 0.25) is 0 Å². The summed E-state index contributed by atoms with van der Waals surface area (Å²) in [5.74, 6) is 5.86. The Labute approximate surface area is 129 Å². The highest BCUT2D eigenvalue weighted by atomic mass is 32.1. The first-order valence-corrected chi connectivity index (χ1v) is 7.94. The van der Waals surface area contributed by atoms with Gasteiger partial charge < -0.3 is 14.7 Å². The molecule has 0 aliphatic carbocycles. The van der Waals surface area contributed by atoms with Gasteiger partial charge in [-0.1, -0.05) is 11.8 Å². The van der Waals surface area contributed by atoms with E-state index in [9.17, 15) is 4.79 Å². The van der Waals surface area contributed by atoms with Crippen LogP contribution in [-0.4, -0.2) is 47.3 Å². The number of amides is 1. The van der Waals surface area contributed by atoms with Crippen molar-refractivity contribution in [3.8, 4) is 11.8 Å². The van der Waals surface area contributed by atoms with Crippen LogP contribution in [0.4, 0.5) is 0 Å². The minimum Gasteiger partial charge on any atom is -0.395 e. The van der Waals surface area contributed by atoms with Gasteiger partial charge in [-0.2, -0.15) is 0 Å². The first-order valence-electron chi connectivity index (χ1n) is 7.06. The van der Waals surface area contributed by atoms with Gasteiger partial charge in [0.15, 0.2) is 0 Å². The molecule has 0 saturated carbocycles. The van der Waals surface area contributed by atoms with Gasteiger partial charge in [0.25, 0.3) is 5.91 Å². The Bertz CT molecular complexity index is 568. The van der Waals surface area contributed by atoms with Gasteiger partial charge in [0.2, 0.25) is 0 Å². The van der Waals surface area contributed by atoms with Gasteiger partial charge in [0.05, 0.1) is 28.8 Å². The van der Waals surface area contributed by atoms with Crippen molar-refractivity contribution in [3.05, 3.63) is 21.9 Å². The predicted molar refractivity (Wildman–Crippen MR) is 83.4 cm³/mol. The van der Waals surface area contributed by atoms with Crippen molar-refractivity contribution in [3.63, 3.8) is 0 Å². The van der Waals surface area contributed by atoms with Gasteiger partial charge in [-0.25, -0.2) is 0 Å². The summed E-state index contributed by atoms with van der Waals surface area (Å²) in [6, 6.07) is 1.82. The fourth-order valence-electron chi connectivity index (χ4n) is 2.51. The van der Waals surface area contributed by atoms with Crippen molar-refractivity contribution in [2.24, 2.45) is 0 Å². The van der Waals surface area contributed by atoms with E-state index in [0.717, 1.165) is 4.88 Å². The zero-order valence-electron chi connectivity index (χ0n) is 12.7. The van der Waals surface area contributed by atoms with Crippen LogP contribution >= 0.6 is 11.3 Å². The Balaban J connectivity index is 2.08. The maximum absolute atomic E-state index is 12.6. The van der Waals surface area contributed by atoms with E-state index in [2.05, 4.69) is 11.8 Å². The highest BCUT2D eigenvalue weighted by Crippen LogP contribution is 2.23. The van der Waals surface area contributed by atoms with E-state index in [1.165, 1.54) is 11.3 Å².